The number of nitrogens with zero attached hydrogens (tertiary/aromatic N) is 2. The van der Waals surface area contributed by atoms with E-state index in [1.54, 1.807) is 17.5 Å². The van der Waals surface area contributed by atoms with E-state index in [1.807, 2.05) is 0 Å². The zero-order chi connectivity index (χ0) is 18.3. The highest BCUT2D eigenvalue weighted by Crippen LogP contribution is 2.40. The van der Waals surface area contributed by atoms with Gasteiger partial charge >= 0.3 is 0 Å². The molecule has 1 aliphatic rings. The molecule has 0 radical (unpaired) electrons. The number of nitrogens with one attached hydrogen (secondary N) is 1. The number of hydrogen-bond donors (Lipinski definition) is 1. The molecule has 0 amide bonds. The molecule has 10 heteroatoms. The maximum atomic E-state index is 12.7. The van der Waals surface area contributed by atoms with Gasteiger partial charge in [0.1, 0.15) is 9.96 Å². The van der Waals surface area contributed by atoms with Crippen LogP contribution in [0.15, 0.2) is 38.3 Å². The molecule has 0 unspecified atom stereocenters. The fraction of sp³-hybridized carbons (Fsp3) is 0.250. The molecule has 2 aromatic heterocycles. The number of sulfonamides is 1. The maximum absolute atomic E-state index is 12.7. The third-order valence-electron chi connectivity index (χ3n) is 3.86. The Hall–Kier alpha value is -2.10. The Morgan fingerprint density at radius 2 is 2.12 bits per heavy atom. The van der Waals surface area contributed by atoms with Gasteiger partial charge in [-0.05, 0) is 37.1 Å². The summed E-state index contributed by atoms with van der Waals surface area (Å²) in [5.41, 5.74) is 0.844. The maximum Gasteiger partial charge on any atom is 0.271 e. The van der Waals surface area contributed by atoms with Gasteiger partial charge in [0, 0.05) is 16.3 Å². The number of rotatable bonds is 6. The number of ether oxygens (including phenoxy) is 1. The summed E-state index contributed by atoms with van der Waals surface area (Å²) in [5.74, 6) is 1.65. The molecule has 2 heterocycles. The summed E-state index contributed by atoms with van der Waals surface area (Å²) in [7, 11) is -2.35. The van der Waals surface area contributed by atoms with E-state index in [0.717, 1.165) is 24.2 Å². The van der Waals surface area contributed by atoms with Crippen molar-refractivity contribution in [2.45, 2.75) is 23.0 Å². The Bertz CT molecular complexity index is 1060. The summed E-state index contributed by atoms with van der Waals surface area (Å²) in [6, 6.07) is 6.22. The van der Waals surface area contributed by atoms with Gasteiger partial charge in [-0.3, -0.25) is 4.72 Å². The third kappa shape index (κ3) is 3.42. The van der Waals surface area contributed by atoms with Crippen molar-refractivity contribution >= 4 is 38.6 Å². The van der Waals surface area contributed by atoms with E-state index in [1.165, 1.54) is 19.2 Å². The Labute approximate surface area is 159 Å². The Morgan fingerprint density at radius 3 is 2.85 bits per heavy atom. The molecule has 0 bridgehead atoms. The van der Waals surface area contributed by atoms with Gasteiger partial charge in [0.05, 0.1) is 18.4 Å². The molecule has 1 N–H and O–H groups in total. The van der Waals surface area contributed by atoms with Crippen LogP contribution in [-0.4, -0.2) is 25.7 Å². The minimum atomic E-state index is -3.81. The summed E-state index contributed by atoms with van der Waals surface area (Å²) in [5, 5.41) is 10.1. The van der Waals surface area contributed by atoms with Gasteiger partial charge in [0.15, 0.2) is 0 Å². The molecule has 1 aliphatic carbocycles. The van der Waals surface area contributed by atoms with Gasteiger partial charge in [-0.15, -0.1) is 21.5 Å². The van der Waals surface area contributed by atoms with Gasteiger partial charge in [0.25, 0.3) is 10.0 Å². The molecule has 3 aromatic rings. The molecule has 0 saturated heterocycles. The highest BCUT2D eigenvalue weighted by Gasteiger charge is 2.30. The predicted octanol–water partition coefficient (Wildman–Crippen LogP) is 4.14. The molecular weight excluding hydrogens is 398 g/mol. The molecule has 1 saturated carbocycles. The van der Waals surface area contributed by atoms with Crippen molar-refractivity contribution in [3.63, 3.8) is 0 Å². The van der Waals surface area contributed by atoms with Crippen LogP contribution in [0.25, 0.3) is 11.5 Å². The van der Waals surface area contributed by atoms with Crippen LogP contribution in [0.2, 0.25) is 5.02 Å². The molecule has 1 aromatic carbocycles. The fourth-order valence-corrected chi connectivity index (χ4v) is 4.76. The van der Waals surface area contributed by atoms with Crippen molar-refractivity contribution in [3.8, 4) is 17.2 Å². The molecule has 0 aliphatic heterocycles. The Balaban J connectivity index is 1.60. The second-order valence-corrected chi connectivity index (χ2v) is 9.08. The van der Waals surface area contributed by atoms with E-state index in [4.69, 9.17) is 20.8 Å². The van der Waals surface area contributed by atoms with E-state index in [-0.39, 0.29) is 9.90 Å². The highest BCUT2D eigenvalue weighted by molar-refractivity contribution is 7.94. The SMILES string of the molecule is COc1ccc(Cl)cc1NS(=O)(=O)c1cc(-c2nnc(C3CC3)o2)cs1. The number of benzene rings is 1. The normalized spacial score (nSPS) is 14.4. The molecule has 1 fully saturated rings. The summed E-state index contributed by atoms with van der Waals surface area (Å²) < 4.78 is 38.8. The Kier molecular flexibility index (Phi) is 4.37. The first-order valence-corrected chi connectivity index (χ1v) is 10.5. The number of halogens is 1. The van der Waals surface area contributed by atoms with E-state index < -0.39 is 10.0 Å². The van der Waals surface area contributed by atoms with Crippen LogP contribution in [0.3, 0.4) is 0 Å². The molecular formula is C16H14ClN3O4S2. The lowest BCUT2D eigenvalue weighted by atomic mass is 10.3. The first kappa shape index (κ1) is 17.3. The van der Waals surface area contributed by atoms with E-state index >= 15 is 0 Å². The predicted molar refractivity (Wildman–Crippen MR) is 98.4 cm³/mol. The quantitative estimate of drug-likeness (QED) is 0.655. The number of methoxy groups -OCH3 is 1. The minimum Gasteiger partial charge on any atom is -0.495 e. The van der Waals surface area contributed by atoms with Gasteiger partial charge in [-0.2, -0.15) is 0 Å². The lowest BCUT2D eigenvalue weighted by molar-refractivity contribution is 0.417. The van der Waals surface area contributed by atoms with Gasteiger partial charge in [-0.1, -0.05) is 11.6 Å². The first-order chi connectivity index (χ1) is 12.5. The van der Waals surface area contributed by atoms with Crippen LogP contribution in [0, 0.1) is 0 Å². The monoisotopic (exact) mass is 411 g/mol. The van der Waals surface area contributed by atoms with Crippen molar-refractivity contribution in [1.82, 2.24) is 10.2 Å². The second-order valence-electron chi connectivity index (χ2n) is 5.82. The van der Waals surface area contributed by atoms with Crippen molar-refractivity contribution in [1.29, 1.82) is 0 Å². The average molecular weight is 412 g/mol. The zero-order valence-corrected chi connectivity index (χ0v) is 16.0. The molecule has 136 valence electrons. The van der Waals surface area contributed by atoms with Crippen molar-refractivity contribution in [2.75, 3.05) is 11.8 Å². The topological polar surface area (TPSA) is 94.3 Å². The summed E-state index contributed by atoms with van der Waals surface area (Å²) >= 11 is 7.02. The van der Waals surface area contributed by atoms with Crippen LogP contribution >= 0.6 is 22.9 Å². The van der Waals surface area contributed by atoms with Crippen molar-refractivity contribution in [3.05, 3.63) is 40.6 Å². The third-order valence-corrected chi connectivity index (χ3v) is 6.90. The zero-order valence-electron chi connectivity index (χ0n) is 13.6. The van der Waals surface area contributed by atoms with Crippen molar-refractivity contribution in [2.24, 2.45) is 0 Å². The van der Waals surface area contributed by atoms with Crippen LogP contribution < -0.4 is 9.46 Å². The summed E-state index contributed by atoms with van der Waals surface area (Å²) in [6.07, 6.45) is 2.10. The number of anilines is 1. The molecule has 0 atom stereocenters. The second kappa shape index (κ2) is 6.57. The standard InChI is InChI=1S/C16H14ClN3O4S2/c1-23-13-5-4-11(17)7-12(13)20-26(21,22)14-6-10(8-25-14)16-19-18-15(24-16)9-2-3-9/h4-9,20H,2-3H2,1H3. The minimum absolute atomic E-state index is 0.126. The number of aromatic nitrogens is 2. The van der Waals surface area contributed by atoms with Gasteiger partial charge < -0.3 is 9.15 Å². The fourth-order valence-electron chi connectivity index (χ4n) is 2.37. The summed E-state index contributed by atoms with van der Waals surface area (Å²) in [4.78, 5) is 0. The van der Waals surface area contributed by atoms with E-state index in [0.29, 0.717) is 34.0 Å². The van der Waals surface area contributed by atoms with E-state index in [9.17, 15) is 8.42 Å². The van der Waals surface area contributed by atoms with Gasteiger partial charge in [0.2, 0.25) is 11.8 Å². The molecule has 0 spiro atoms. The molecule has 7 nitrogen and oxygen atoms in total. The lowest BCUT2D eigenvalue weighted by Gasteiger charge is -2.11. The largest absolute Gasteiger partial charge is 0.495 e. The smallest absolute Gasteiger partial charge is 0.271 e. The average Bonchev–Trinajstić information content (AvgIpc) is 3.12. The molecule has 4 rings (SSSR count). The summed E-state index contributed by atoms with van der Waals surface area (Å²) in [6.45, 7) is 0. The molecule has 26 heavy (non-hydrogen) atoms. The van der Waals surface area contributed by atoms with Crippen LogP contribution in [0.5, 0.6) is 5.75 Å². The van der Waals surface area contributed by atoms with Crippen LogP contribution in [-0.2, 0) is 10.0 Å². The van der Waals surface area contributed by atoms with Crippen LogP contribution in [0.1, 0.15) is 24.7 Å². The van der Waals surface area contributed by atoms with E-state index in [2.05, 4.69) is 14.9 Å². The first-order valence-electron chi connectivity index (χ1n) is 7.75. The number of hydrogen-bond acceptors (Lipinski definition) is 7. The van der Waals surface area contributed by atoms with Crippen molar-refractivity contribution < 1.29 is 17.6 Å². The highest BCUT2D eigenvalue weighted by atomic mass is 35.5. The van der Waals surface area contributed by atoms with Crippen LogP contribution in [0.4, 0.5) is 5.69 Å². The van der Waals surface area contributed by atoms with Gasteiger partial charge in [-0.25, -0.2) is 8.42 Å². The lowest BCUT2D eigenvalue weighted by Crippen LogP contribution is -2.12. The number of thiophene rings is 1. The Morgan fingerprint density at radius 1 is 1.31 bits per heavy atom.